The highest BCUT2D eigenvalue weighted by molar-refractivity contribution is 6.06. The summed E-state index contributed by atoms with van der Waals surface area (Å²) in [5, 5.41) is 6.92. The molecular weight excluding hydrogens is 436 g/mol. The molecule has 6 rings (SSSR count). The van der Waals surface area contributed by atoms with Crippen molar-refractivity contribution in [2.75, 3.05) is 17.2 Å². The highest BCUT2D eigenvalue weighted by Crippen LogP contribution is 2.26. The predicted molar refractivity (Wildman–Crippen MR) is 127 cm³/mol. The van der Waals surface area contributed by atoms with Gasteiger partial charge in [0.15, 0.2) is 0 Å². The number of aromatic nitrogens is 3. The van der Waals surface area contributed by atoms with E-state index < -0.39 is 0 Å². The first kappa shape index (κ1) is 20.4. The van der Waals surface area contributed by atoms with Gasteiger partial charge in [0, 0.05) is 41.9 Å². The van der Waals surface area contributed by atoms with Crippen molar-refractivity contribution in [1.29, 1.82) is 0 Å². The number of nitrogens with zero attached hydrogens (tertiary/aromatic N) is 3. The number of hydrogen-bond donors (Lipinski definition) is 2. The smallest absolute Gasteiger partial charge is 0.272 e. The van der Waals surface area contributed by atoms with Crippen LogP contribution in [0.4, 0.5) is 20.3 Å². The molecule has 0 spiro atoms. The molecule has 2 N–H and O–H groups in total. The fraction of sp³-hybridized carbons (Fsp3) is 0.154. The van der Waals surface area contributed by atoms with Crippen LogP contribution in [0.1, 0.15) is 28.2 Å². The van der Waals surface area contributed by atoms with Crippen molar-refractivity contribution in [3.63, 3.8) is 0 Å². The van der Waals surface area contributed by atoms with Crippen molar-refractivity contribution in [3.8, 4) is 0 Å². The van der Waals surface area contributed by atoms with Gasteiger partial charge in [-0.15, -0.1) is 0 Å². The van der Waals surface area contributed by atoms with Gasteiger partial charge in [0.2, 0.25) is 0 Å². The largest absolute Gasteiger partial charge is 0.370 e. The first-order valence-electron chi connectivity index (χ1n) is 11.1. The molecule has 2 aromatic carbocycles. The summed E-state index contributed by atoms with van der Waals surface area (Å²) in [7, 11) is 0. The Morgan fingerprint density at radius 3 is 2.82 bits per heavy atom. The number of nitrogens with one attached hydrogen (secondary N) is 2. The van der Waals surface area contributed by atoms with E-state index in [-0.39, 0.29) is 24.1 Å². The molecule has 0 unspecified atom stereocenters. The lowest BCUT2D eigenvalue weighted by Crippen LogP contribution is -2.17. The van der Waals surface area contributed by atoms with Gasteiger partial charge >= 0.3 is 0 Å². The topological polar surface area (TPSA) is 63.4 Å². The van der Waals surface area contributed by atoms with Crippen LogP contribution in [0.15, 0.2) is 66.9 Å². The highest BCUT2D eigenvalue weighted by atomic mass is 19.1. The number of imidazole rings is 1. The summed E-state index contributed by atoms with van der Waals surface area (Å²) < 4.78 is 31.4. The number of fused-ring (bicyclic) bond motifs is 4. The van der Waals surface area contributed by atoms with Crippen LogP contribution in [0.2, 0.25) is 0 Å². The Morgan fingerprint density at radius 2 is 1.94 bits per heavy atom. The van der Waals surface area contributed by atoms with Crippen molar-refractivity contribution >= 4 is 34.0 Å². The van der Waals surface area contributed by atoms with Crippen molar-refractivity contribution < 1.29 is 13.6 Å². The lowest BCUT2D eigenvalue weighted by atomic mass is 10.2. The number of halogens is 2. The monoisotopic (exact) mass is 457 g/mol. The van der Waals surface area contributed by atoms with Crippen LogP contribution in [0.5, 0.6) is 0 Å². The van der Waals surface area contributed by atoms with Crippen LogP contribution < -0.4 is 10.6 Å². The molecule has 1 amide bonds. The molecule has 0 radical (unpaired) electrons. The summed E-state index contributed by atoms with van der Waals surface area (Å²) in [5.74, 6) is -0.0796. The van der Waals surface area contributed by atoms with Crippen LogP contribution in [0, 0.1) is 11.6 Å². The maximum atomic E-state index is 13.9. The molecule has 0 fully saturated rings. The van der Waals surface area contributed by atoms with Crippen LogP contribution in [0.3, 0.4) is 0 Å². The van der Waals surface area contributed by atoms with E-state index in [1.807, 2.05) is 22.7 Å². The number of pyridine rings is 1. The first-order valence-corrected chi connectivity index (χ1v) is 11.1. The minimum atomic E-state index is -0.385. The fourth-order valence-electron chi connectivity index (χ4n) is 4.61. The van der Waals surface area contributed by atoms with Gasteiger partial charge in [0.25, 0.3) is 5.91 Å². The van der Waals surface area contributed by atoms with Crippen LogP contribution >= 0.6 is 0 Å². The van der Waals surface area contributed by atoms with E-state index in [2.05, 4.69) is 15.6 Å². The fourth-order valence-corrected chi connectivity index (χ4v) is 4.61. The van der Waals surface area contributed by atoms with Gasteiger partial charge in [-0.25, -0.2) is 13.8 Å². The van der Waals surface area contributed by atoms with Gasteiger partial charge in [0.05, 0.1) is 5.69 Å². The number of rotatable bonds is 4. The van der Waals surface area contributed by atoms with E-state index in [1.54, 1.807) is 28.8 Å². The Bertz CT molecular complexity index is 1570. The summed E-state index contributed by atoms with van der Waals surface area (Å²) in [5.41, 5.74) is 4.13. The molecular formula is C26H21F2N5O. The van der Waals surface area contributed by atoms with Crippen LogP contribution in [0.25, 0.3) is 16.6 Å². The normalized spacial score (nSPS) is 13.1. The van der Waals surface area contributed by atoms with E-state index in [4.69, 9.17) is 0 Å². The zero-order chi connectivity index (χ0) is 23.2. The van der Waals surface area contributed by atoms with E-state index >= 15 is 0 Å². The van der Waals surface area contributed by atoms with Crippen molar-refractivity contribution in [2.24, 2.45) is 0 Å². The third kappa shape index (κ3) is 3.57. The molecule has 4 heterocycles. The van der Waals surface area contributed by atoms with E-state index in [0.717, 1.165) is 36.5 Å². The van der Waals surface area contributed by atoms with E-state index in [9.17, 15) is 13.6 Å². The second-order valence-electron chi connectivity index (χ2n) is 8.48. The van der Waals surface area contributed by atoms with Gasteiger partial charge < -0.3 is 15.2 Å². The molecule has 0 bridgehead atoms. The molecule has 1 aliphatic rings. The average Bonchev–Trinajstić information content (AvgIpc) is 3.36. The summed E-state index contributed by atoms with van der Waals surface area (Å²) in [6.07, 6.45) is 3.84. The third-order valence-corrected chi connectivity index (χ3v) is 6.16. The van der Waals surface area contributed by atoms with Crippen LogP contribution in [-0.2, 0) is 13.0 Å². The molecule has 0 aliphatic carbocycles. The number of carbonyl (C=O) groups excluding carboxylic acids is 1. The Balaban J connectivity index is 1.36. The van der Waals surface area contributed by atoms with Gasteiger partial charge in [0.1, 0.15) is 28.8 Å². The molecule has 5 aromatic rings. The first-order chi connectivity index (χ1) is 16.5. The second-order valence-corrected chi connectivity index (χ2v) is 8.48. The molecule has 3 aromatic heterocycles. The Morgan fingerprint density at radius 1 is 1.06 bits per heavy atom. The van der Waals surface area contributed by atoms with Gasteiger partial charge in [-0.3, -0.25) is 9.20 Å². The molecule has 0 saturated heterocycles. The molecule has 8 heteroatoms. The molecule has 0 atom stereocenters. The lowest BCUT2D eigenvalue weighted by molar-refractivity contribution is 0.101. The number of carbonyl (C=O) groups is 1. The minimum Gasteiger partial charge on any atom is -0.370 e. The number of aryl methyl sites for hydroxylation is 1. The molecule has 1 aliphatic heterocycles. The third-order valence-electron chi connectivity index (χ3n) is 6.16. The number of amides is 1. The van der Waals surface area contributed by atoms with Gasteiger partial charge in [-0.05, 0) is 60.9 Å². The van der Waals surface area contributed by atoms with Crippen molar-refractivity contribution in [1.82, 2.24) is 14.0 Å². The standard InChI is InChI=1S/C26H21F2N5O/c27-18-4-1-3-16(11-18)15-33-22-7-6-19(28)12-17(22)13-23(33)26(34)30-20-8-10-32-24(14-20)31-21-5-2-9-29-25(21)32/h1,3-4,6-8,10-14,29H,2,5,9,15H2,(H,30,34). The molecule has 0 saturated carbocycles. The summed E-state index contributed by atoms with van der Waals surface area (Å²) >= 11 is 0. The van der Waals surface area contributed by atoms with E-state index in [1.165, 1.54) is 24.3 Å². The minimum absolute atomic E-state index is 0.271. The Labute approximate surface area is 193 Å². The zero-order valence-electron chi connectivity index (χ0n) is 18.2. The van der Waals surface area contributed by atoms with Gasteiger partial charge in [-0.1, -0.05) is 12.1 Å². The quantitative estimate of drug-likeness (QED) is 0.389. The van der Waals surface area contributed by atoms with Crippen molar-refractivity contribution in [3.05, 3.63) is 95.4 Å². The average molecular weight is 457 g/mol. The van der Waals surface area contributed by atoms with Crippen LogP contribution in [-0.4, -0.2) is 26.4 Å². The highest BCUT2D eigenvalue weighted by Gasteiger charge is 2.19. The lowest BCUT2D eigenvalue weighted by Gasteiger charge is -2.13. The SMILES string of the molecule is O=C(Nc1ccn2c3c(nc2c1)CCCN3)c1cc2cc(F)ccc2n1Cc1cccc(F)c1. The maximum absolute atomic E-state index is 13.9. The number of anilines is 2. The van der Waals surface area contributed by atoms with Gasteiger partial charge in [-0.2, -0.15) is 0 Å². The van der Waals surface area contributed by atoms with Crippen molar-refractivity contribution in [2.45, 2.75) is 19.4 Å². The second kappa shape index (κ2) is 7.98. The molecule has 170 valence electrons. The summed E-state index contributed by atoms with van der Waals surface area (Å²) in [6, 6.07) is 15.9. The predicted octanol–water partition coefficient (Wildman–Crippen LogP) is 5.23. The Hall–Kier alpha value is -4.20. The summed E-state index contributed by atoms with van der Waals surface area (Å²) in [4.78, 5) is 18.0. The molecule has 6 nitrogen and oxygen atoms in total. The zero-order valence-corrected chi connectivity index (χ0v) is 18.2. The summed E-state index contributed by atoms with van der Waals surface area (Å²) in [6.45, 7) is 1.18. The Kier molecular flexibility index (Phi) is 4.79. The molecule has 34 heavy (non-hydrogen) atoms. The van der Waals surface area contributed by atoms with E-state index in [0.29, 0.717) is 27.8 Å². The number of benzene rings is 2. The maximum Gasteiger partial charge on any atom is 0.272 e. The number of hydrogen-bond acceptors (Lipinski definition) is 3.